The minimum atomic E-state index is -0.857. The number of carboxylic acid groups (broad SMARTS) is 1. The molecule has 1 amide bonds. The van der Waals surface area contributed by atoms with Gasteiger partial charge in [-0.3, -0.25) is 14.5 Å². The number of halogens is 2. The summed E-state index contributed by atoms with van der Waals surface area (Å²) in [6.45, 7) is 1.59. The number of amides is 1. The van der Waals surface area contributed by atoms with Crippen molar-refractivity contribution < 1.29 is 19.4 Å². The van der Waals surface area contributed by atoms with Crippen molar-refractivity contribution in [2.24, 2.45) is 0 Å². The molecular weight excluding hydrogens is 355 g/mol. The van der Waals surface area contributed by atoms with Gasteiger partial charge in [-0.2, -0.15) is 0 Å². The number of likely N-dealkylation sites (N-methyl/N-ethyl adjacent to an activating group) is 1. The Morgan fingerprint density at radius 2 is 2.04 bits per heavy atom. The van der Waals surface area contributed by atoms with Crippen LogP contribution in [0.4, 0.5) is 0 Å². The van der Waals surface area contributed by atoms with Crippen LogP contribution in [0.2, 0.25) is 5.02 Å². The number of likely N-dealkylation sites (tertiary alicyclic amines) is 1. The summed E-state index contributed by atoms with van der Waals surface area (Å²) in [5, 5.41) is 9.77. The van der Waals surface area contributed by atoms with E-state index >= 15 is 0 Å². The molecule has 0 aliphatic carbocycles. The lowest BCUT2D eigenvalue weighted by Gasteiger charge is -2.24. The van der Waals surface area contributed by atoms with Gasteiger partial charge in [0.15, 0.2) is 0 Å². The van der Waals surface area contributed by atoms with Crippen molar-refractivity contribution in [3.8, 4) is 5.75 Å². The molecule has 1 N–H and O–H groups in total. The van der Waals surface area contributed by atoms with E-state index in [0.717, 1.165) is 6.42 Å². The molecule has 0 radical (unpaired) electrons. The Morgan fingerprint density at radius 1 is 1.38 bits per heavy atom. The van der Waals surface area contributed by atoms with Gasteiger partial charge in [0.2, 0.25) is 5.91 Å². The molecule has 1 aromatic rings. The number of hydrogen-bond donors (Lipinski definition) is 1. The first kappa shape index (κ1) is 20.5. The van der Waals surface area contributed by atoms with Gasteiger partial charge >= 0.3 is 5.97 Å². The molecule has 134 valence electrons. The number of benzene rings is 1. The quantitative estimate of drug-likeness (QED) is 0.789. The van der Waals surface area contributed by atoms with Crippen molar-refractivity contribution in [3.63, 3.8) is 0 Å². The van der Waals surface area contributed by atoms with Crippen LogP contribution in [-0.4, -0.2) is 66.1 Å². The molecule has 0 bridgehead atoms. The second-order valence-electron chi connectivity index (χ2n) is 5.58. The third-order valence-electron chi connectivity index (χ3n) is 3.92. The molecule has 0 saturated carbocycles. The third kappa shape index (κ3) is 5.85. The highest BCUT2D eigenvalue weighted by atomic mass is 35.5. The van der Waals surface area contributed by atoms with Crippen LogP contribution in [0.3, 0.4) is 0 Å². The highest BCUT2D eigenvalue weighted by Gasteiger charge is 2.32. The predicted molar refractivity (Wildman–Crippen MR) is 94.1 cm³/mol. The maximum absolute atomic E-state index is 12.2. The zero-order valence-electron chi connectivity index (χ0n) is 13.5. The van der Waals surface area contributed by atoms with E-state index in [1.54, 1.807) is 41.1 Å². The standard InChI is InChI=1S/C16H21ClN2O4.ClH/c1-18(9-10-23-13-6-4-12(17)5-7-13)15(20)11-19-8-2-3-14(19)16(21)22;/h4-7,14H,2-3,8-11H2,1H3,(H,21,22);1H/t14-;/m1./s1. The molecule has 2 rings (SSSR count). The van der Waals surface area contributed by atoms with E-state index < -0.39 is 12.0 Å². The van der Waals surface area contributed by atoms with E-state index in [1.807, 2.05) is 0 Å². The lowest BCUT2D eigenvalue weighted by atomic mass is 10.2. The zero-order chi connectivity index (χ0) is 16.8. The van der Waals surface area contributed by atoms with Crippen LogP contribution in [0.1, 0.15) is 12.8 Å². The smallest absolute Gasteiger partial charge is 0.320 e. The fourth-order valence-corrected chi connectivity index (χ4v) is 2.67. The minimum absolute atomic E-state index is 0. The molecule has 0 aromatic heterocycles. The second kappa shape index (κ2) is 9.71. The highest BCUT2D eigenvalue weighted by Crippen LogP contribution is 2.17. The number of carboxylic acids is 1. The first-order valence-corrected chi connectivity index (χ1v) is 7.94. The van der Waals surface area contributed by atoms with Gasteiger partial charge in [-0.05, 0) is 43.7 Å². The highest BCUT2D eigenvalue weighted by molar-refractivity contribution is 6.30. The maximum atomic E-state index is 12.2. The molecule has 8 heteroatoms. The van der Waals surface area contributed by atoms with Crippen molar-refractivity contribution >= 4 is 35.9 Å². The number of hydrogen-bond acceptors (Lipinski definition) is 4. The maximum Gasteiger partial charge on any atom is 0.320 e. The summed E-state index contributed by atoms with van der Waals surface area (Å²) < 4.78 is 5.55. The van der Waals surface area contributed by atoms with E-state index in [1.165, 1.54) is 0 Å². The lowest BCUT2D eigenvalue weighted by molar-refractivity contribution is -0.143. The summed E-state index contributed by atoms with van der Waals surface area (Å²) in [7, 11) is 1.69. The molecule has 6 nitrogen and oxygen atoms in total. The van der Waals surface area contributed by atoms with Crippen molar-refractivity contribution in [1.29, 1.82) is 0 Å². The Balaban J connectivity index is 0.00000288. The molecule has 0 spiro atoms. The summed E-state index contributed by atoms with van der Waals surface area (Å²) in [6.07, 6.45) is 1.42. The SMILES string of the molecule is CN(CCOc1ccc(Cl)cc1)C(=O)CN1CCC[C@@H]1C(=O)O.Cl. The first-order valence-electron chi connectivity index (χ1n) is 7.56. The van der Waals surface area contributed by atoms with E-state index in [0.29, 0.717) is 36.9 Å². The van der Waals surface area contributed by atoms with E-state index in [-0.39, 0.29) is 24.9 Å². The van der Waals surface area contributed by atoms with Crippen LogP contribution in [-0.2, 0) is 9.59 Å². The Hall–Kier alpha value is -1.50. The summed E-state index contributed by atoms with van der Waals surface area (Å²) >= 11 is 5.80. The van der Waals surface area contributed by atoms with Crippen molar-refractivity contribution in [2.45, 2.75) is 18.9 Å². The molecule has 1 aromatic carbocycles. The second-order valence-corrected chi connectivity index (χ2v) is 6.02. The Bertz CT molecular complexity index is 554. The molecule has 1 heterocycles. The van der Waals surface area contributed by atoms with Crippen LogP contribution < -0.4 is 4.74 Å². The van der Waals surface area contributed by atoms with Crippen LogP contribution in [0, 0.1) is 0 Å². The average molecular weight is 377 g/mol. The van der Waals surface area contributed by atoms with Gasteiger partial charge in [-0.25, -0.2) is 0 Å². The minimum Gasteiger partial charge on any atom is -0.492 e. The zero-order valence-corrected chi connectivity index (χ0v) is 15.1. The monoisotopic (exact) mass is 376 g/mol. The molecular formula is C16H22Cl2N2O4. The number of carbonyl (C=O) groups excluding carboxylic acids is 1. The summed E-state index contributed by atoms with van der Waals surface area (Å²) in [5.74, 6) is -0.261. The largest absolute Gasteiger partial charge is 0.492 e. The predicted octanol–water partition coefficient (Wildman–Crippen LogP) is 2.15. The molecule has 1 saturated heterocycles. The summed E-state index contributed by atoms with van der Waals surface area (Å²) in [5.41, 5.74) is 0. The first-order chi connectivity index (χ1) is 11.0. The van der Waals surface area contributed by atoms with Gasteiger partial charge < -0.3 is 14.7 Å². The molecule has 1 aliphatic heterocycles. The summed E-state index contributed by atoms with van der Waals surface area (Å²) in [4.78, 5) is 26.6. The van der Waals surface area contributed by atoms with Crippen LogP contribution in [0.25, 0.3) is 0 Å². The number of carbonyl (C=O) groups is 2. The normalized spacial score (nSPS) is 17.2. The van der Waals surface area contributed by atoms with Crippen LogP contribution in [0.15, 0.2) is 24.3 Å². The van der Waals surface area contributed by atoms with Crippen molar-refractivity contribution in [2.75, 3.05) is 33.3 Å². The molecule has 24 heavy (non-hydrogen) atoms. The Morgan fingerprint density at radius 3 is 2.67 bits per heavy atom. The van der Waals surface area contributed by atoms with Gasteiger partial charge in [-0.1, -0.05) is 11.6 Å². The number of aliphatic carboxylic acids is 1. The third-order valence-corrected chi connectivity index (χ3v) is 4.17. The fourth-order valence-electron chi connectivity index (χ4n) is 2.55. The summed E-state index contributed by atoms with van der Waals surface area (Å²) in [6, 6.07) is 6.48. The Kier molecular flexibility index (Phi) is 8.31. The average Bonchev–Trinajstić information content (AvgIpc) is 2.97. The van der Waals surface area contributed by atoms with Gasteiger partial charge in [0.1, 0.15) is 18.4 Å². The van der Waals surface area contributed by atoms with Gasteiger partial charge in [0, 0.05) is 12.1 Å². The Labute approximate surface area is 152 Å². The number of ether oxygens (including phenoxy) is 1. The molecule has 1 aliphatic rings. The molecule has 0 unspecified atom stereocenters. The van der Waals surface area contributed by atoms with Crippen molar-refractivity contribution in [3.05, 3.63) is 29.3 Å². The number of nitrogens with zero attached hydrogens (tertiary/aromatic N) is 2. The number of rotatable bonds is 7. The van der Waals surface area contributed by atoms with Crippen LogP contribution >= 0.6 is 24.0 Å². The van der Waals surface area contributed by atoms with E-state index in [2.05, 4.69) is 0 Å². The van der Waals surface area contributed by atoms with Crippen LogP contribution in [0.5, 0.6) is 5.75 Å². The molecule has 1 atom stereocenters. The van der Waals surface area contributed by atoms with Gasteiger partial charge in [0.25, 0.3) is 0 Å². The fraction of sp³-hybridized carbons (Fsp3) is 0.500. The van der Waals surface area contributed by atoms with E-state index in [4.69, 9.17) is 21.4 Å². The van der Waals surface area contributed by atoms with E-state index in [9.17, 15) is 9.59 Å². The van der Waals surface area contributed by atoms with Crippen molar-refractivity contribution in [1.82, 2.24) is 9.80 Å². The molecule has 1 fully saturated rings. The lowest BCUT2D eigenvalue weighted by Crippen LogP contribution is -2.44. The van der Waals surface area contributed by atoms with Gasteiger partial charge in [0.05, 0.1) is 13.1 Å². The topological polar surface area (TPSA) is 70.1 Å². The van der Waals surface area contributed by atoms with Gasteiger partial charge in [-0.15, -0.1) is 12.4 Å².